The normalized spacial score (nSPS) is 11.1. The maximum Gasteiger partial charge on any atom is 0.325 e. The molecule has 11 heteroatoms. The van der Waals surface area contributed by atoms with Crippen LogP contribution in [0.15, 0.2) is 29.2 Å². The zero-order valence-corrected chi connectivity index (χ0v) is 16.5. The van der Waals surface area contributed by atoms with E-state index in [1.807, 2.05) is 0 Å². The molecule has 0 bridgehead atoms. The van der Waals surface area contributed by atoms with Crippen LogP contribution in [0.25, 0.3) is 0 Å². The number of aromatic nitrogens is 2. The first kappa shape index (κ1) is 20.7. The highest BCUT2D eigenvalue weighted by Crippen LogP contribution is 2.26. The van der Waals surface area contributed by atoms with Gasteiger partial charge < -0.3 is 10.1 Å². The van der Waals surface area contributed by atoms with Crippen LogP contribution in [-0.2, 0) is 37.8 Å². The van der Waals surface area contributed by atoms with E-state index in [-0.39, 0.29) is 34.6 Å². The zero-order valence-electron chi connectivity index (χ0n) is 14.9. The van der Waals surface area contributed by atoms with E-state index in [1.54, 1.807) is 26.1 Å². The number of aryl methyl sites for hydroxylation is 2. The van der Waals surface area contributed by atoms with Crippen molar-refractivity contribution in [2.45, 2.75) is 18.2 Å². The zero-order chi connectivity index (χ0) is 20.2. The highest BCUT2D eigenvalue weighted by Gasteiger charge is 2.25. The summed E-state index contributed by atoms with van der Waals surface area (Å²) in [7, 11) is -1.13. The highest BCUT2D eigenvalue weighted by atomic mass is 35.5. The molecule has 9 nitrogen and oxygen atoms in total. The van der Waals surface area contributed by atoms with Crippen LogP contribution in [0.3, 0.4) is 0 Å². The second-order valence-electron chi connectivity index (χ2n) is 5.66. The average molecular weight is 415 g/mol. The molecule has 1 amide bonds. The van der Waals surface area contributed by atoms with E-state index in [4.69, 9.17) is 11.6 Å². The summed E-state index contributed by atoms with van der Waals surface area (Å²) < 4.78 is 33.2. The van der Waals surface area contributed by atoms with Crippen LogP contribution in [0, 0.1) is 6.92 Å². The summed E-state index contributed by atoms with van der Waals surface area (Å²) in [4.78, 5) is 22.7. The van der Waals surface area contributed by atoms with E-state index in [0.29, 0.717) is 11.3 Å². The molecule has 0 aliphatic heterocycles. The van der Waals surface area contributed by atoms with E-state index in [1.165, 1.54) is 23.9 Å². The summed E-state index contributed by atoms with van der Waals surface area (Å²) in [6.07, 6.45) is 0.0393. The number of carbonyl (C=O) groups excluding carboxylic acids is 2. The first-order valence-electron chi connectivity index (χ1n) is 7.78. The third-order valence-corrected chi connectivity index (χ3v) is 5.67. The van der Waals surface area contributed by atoms with Crippen molar-refractivity contribution >= 4 is 39.2 Å². The molecule has 2 rings (SSSR count). The lowest BCUT2D eigenvalue weighted by Crippen LogP contribution is -2.31. The Bertz CT molecular complexity index is 954. The molecule has 1 aromatic heterocycles. The Morgan fingerprint density at radius 2 is 1.89 bits per heavy atom. The van der Waals surface area contributed by atoms with Gasteiger partial charge in [-0.2, -0.15) is 5.10 Å². The van der Waals surface area contributed by atoms with Crippen LogP contribution in [0.5, 0.6) is 0 Å². The molecule has 0 saturated heterocycles. The van der Waals surface area contributed by atoms with Crippen molar-refractivity contribution in [2.75, 3.05) is 18.4 Å². The Labute approximate surface area is 161 Å². The molecule has 0 unspecified atom stereocenters. The lowest BCUT2D eigenvalue weighted by Gasteiger charge is -2.09. The number of nitrogens with one attached hydrogen (secondary N) is 2. The fraction of sp³-hybridized carbons (Fsp3) is 0.312. The van der Waals surface area contributed by atoms with Gasteiger partial charge in [-0.3, -0.25) is 19.0 Å². The molecule has 0 aliphatic rings. The molecule has 0 atom stereocenters. The van der Waals surface area contributed by atoms with Crippen LogP contribution >= 0.6 is 11.6 Å². The molecule has 0 fully saturated rings. The number of esters is 1. The molecular weight excluding hydrogens is 396 g/mol. The summed E-state index contributed by atoms with van der Waals surface area (Å²) in [5.74, 6) is -0.899. The number of ether oxygens (including phenoxy) is 1. The number of hydrogen-bond donors (Lipinski definition) is 2. The minimum Gasteiger partial charge on any atom is -0.468 e. The third-order valence-electron chi connectivity index (χ3n) is 3.60. The van der Waals surface area contributed by atoms with E-state index in [2.05, 4.69) is 19.9 Å². The summed E-state index contributed by atoms with van der Waals surface area (Å²) in [6.45, 7) is 1.34. The number of amides is 1. The van der Waals surface area contributed by atoms with Gasteiger partial charge in [-0.25, -0.2) is 8.42 Å². The molecule has 146 valence electrons. The van der Waals surface area contributed by atoms with Crippen LogP contribution in [-0.4, -0.2) is 43.7 Å². The smallest absolute Gasteiger partial charge is 0.325 e. The number of hydrogen-bond acceptors (Lipinski definition) is 6. The van der Waals surface area contributed by atoms with Gasteiger partial charge in [0.25, 0.3) is 10.0 Å². The molecule has 2 N–H and O–H groups in total. The average Bonchev–Trinajstić information content (AvgIpc) is 2.87. The van der Waals surface area contributed by atoms with Crippen LogP contribution in [0.4, 0.5) is 5.69 Å². The summed E-state index contributed by atoms with van der Waals surface area (Å²) in [5, 5.41) is 6.42. The number of nitrogens with zero attached hydrogens (tertiary/aromatic N) is 2. The quantitative estimate of drug-likeness (QED) is 0.652. The lowest BCUT2D eigenvalue weighted by atomic mass is 10.1. The molecule has 0 radical (unpaired) electrons. The Hall–Kier alpha value is -2.59. The first-order chi connectivity index (χ1) is 12.6. The van der Waals surface area contributed by atoms with Gasteiger partial charge in [-0.05, 0) is 24.6 Å². The minimum atomic E-state index is -3.91. The minimum absolute atomic E-state index is 0.0129. The predicted molar refractivity (Wildman–Crippen MR) is 98.9 cm³/mol. The Morgan fingerprint density at radius 1 is 1.26 bits per heavy atom. The fourth-order valence-electron chi connectivity index (χ4n) is 2.30. The van der Waals surface area contributed by atoms with Crippen molar-refractivity contribution in [2.24, 2.45) is 7.05 Å². The maximum atomic E-state index is 12.5. The SMILES string of the molecule is COC(=O)CNC(=O)Cc1ccc(NS(=O)(=O)c2c(C)nn(C)c2Cl)cc1. The topological polar surface area (TPSA) is 119 Å². The van der Waals surface area contributed by atoms with Crippen LogP contribution in [0.2, 0.25) is 5.15 Å². The molecule has 0 spiro atoms. The third kappa shape index (κ3) is 5.20. The predicted octanol–water partition coefficient (Wildman–Crippen LogP) is 1.01. The van der Waals surface area contributed by atoms with E-state index < -0.39 is 16.0 Å². The standard InChI is InChI=1S/C16H19ClN4O5S/c1-10-15(16(17)21(2)19-10)27(24,25)20-12-6-4-11(5-7-12)8-13(22)18-9-14(23)26-3/h4-7,20H,8-9H2,1-3H3,(H,18,22). The molecule has 1 aromatic carbocycles. The monoisotopic (exact) mass is 414 g/mol. The number of anilines is 1. The van der Waals surface area contributed by atoms with Gasteiger partial charge >= 0.3 is 5.97 Å². The Balaban J connectivity index is 2.05. The van der Waals surface area contributed by atoms with Gasteiger partial charge in [0.05, 0.1) is 19.2 Å². The van der Waals surface area contributed by atoms with Gasteiger partial charge in [-0.1, -0.05) is 23.7 Å². The van der Waals surface area contributed by atoms with Crippen molar-refractivity contribution in [1.82, 2.24) is 15.1 Å². The Morgan fingerprint density at radius 3 is 2.41 bits per heavy atom. The van der Waals surface area contributed by atoms with Gasteiger partial charge in [0.15, 0.2) is 0 Å². The van der Waals surface area contributed by atoms with Gasteiger partial charge in [-0.15, -0.1) is 0 Å². The number of carbonyl (C=O) groups is 2. The first-order valence-corrected chi connectivity index (χ1v) is 9.64. The van der Waals surface area contributed by atoms with E-state index in [9.17, 15) is 18.0 Å². The maximum absolute atomic E-state index is 12.5. The summed E-state index contributed by atoms with van der Waals surface area (Å²) >= 11 is 6.01. The van der Waals surface area contributed by atoms with Crippen molar-refractivity contribution in [1.29, 1.82) is 0 Å². The molecule has 1 heterocycles. The number of sulfonamides is 1. The Kier molecular flexibility index (Phi) is 6.45. The van der Waals surface area contributed by atoms with Crippen molar-refractivity contribution < 1.29 is 22.7 Å². The summed E-state index contributed by atoms with van der Waals surface area (Å²) in [6, 6.07) is 6.26. The number of benzene rings is 1. The molecular formula is C16H19ClN4O5S. The van der Waals surface area contributed by atoms with Crippen molar-refractivity contribution in [3.05, 3.63) is 40.7 Å². The fourth-order valence-corrected chi connectivity index (χ4v) is 4.11. The number of rotatable bonds is 7. The van der Waals surface area contributed by atoms with Gasteiger partial charge in [0, 0.05) is 12.7 Å². The van der Waals surface area contributed by atoms with Crippen molar-refractivity contribution in [3.8, 4) is 0 Å². The lowest BCUT2D eigenvalue weighted by molar-refractivity contribution is -0.141. The molecule has 0 saturated carbocycles. The van der Waals surface area contributed by atoms with Crippen molar-refractivity contribution in [3.63, 3.8) is 0 Å². The largest absolute Gasteiger partial charge is 0.468 e. The van der Waals surface area contributed by atoms with E-state index in [0.717, 1.165) is 0 Å². The second-order valence-corrected chi connectivity index (χ2v) is 7.64. The number of methoxy groups -OCH3 is 1. The highest BCUT2D eigenvalue weighted by molar-refractivity contribution is 7.92. The van der Waals surface area contributed by atoms with E-state index >= 15 is 0 Å². The second kappa shape index (κ2) is 8.40. The van der Waals surface area contributed by atoms with Crippen LogP contribution < -0.4 is 10.0 Å². The van der Waals surface area contributed by atoms with Gasteiger partial charge in [0.1, 0.15) is 16.6 Å². The molecule has 27 heavy (non-hydrogen) atoms. The molecule has 0 aliphatic carbocycles. The number of halogens is 1. The van der Waals surface area contributed by atoms with Crippen LogP contribution in [0.1, 0.15) is 11.3 Å². The molecule has 2 aromatic rings. The summed E-state index contributed by atoms with van der Waals surface area (Å²) in [5.41, 5.74) is 1.25. The van der Waals surface area contributed by atoms with Gasteiger partial charge in [0.2, 0.25) is 5.91 Å².